The molecule has 0 aliphatic heterocycles. The Morgan fingerprint density at radius 2 is 1.79 bits per heavy atom. The van der Waals surface area contributed by atoms with Crippen LogP contribution in [0.25, 0.3) is 0 Å². The zero-order chi connectivity index (χ0) is 20.3. The first-order valence-electron chi connectivity index (χ1n) is 8.20. The summed E-state index contributed by atoms with van der Waals surface area (Å²) in [6.45, 7) is 3.29. The quantitative estimate of drug-likeness (QED) is 0.526. The lowest BCUT2D eigenvalue weighted by Crippen LogP contribution is -2.19. The maximum atomic E-state index is 13.6. The Morgan fingerprint density at radius 3 is 2.50 bits per heavy atom. The summed E-state index contributed by atoms with van der Waals surface area (Å²) in [4.78, 5) is 29.1. The Labute approximate surface area is 169 Å². The minimum atomic E-state index is -0.511. The number of benzene rings is 2. The van der Waals surface area contributed by atoms with Crippen molar-refractivity contribution in [2.24, 2.45) is 0 Å². The summed E-state index contributed by atoms with van der Waals surface area (Å²) < 4.78 is 13.6. The second-order valence-corrected chi connectivity index (χ2v) is 7.38. The van der Waals surface area contributed by atoms with Gasteiger partial charge in [-0.15, -0.1) is 0 Å². The fraction of sp³-hybridized carbons (Fsp3) is 0.105. The van der Waals surface area contributed by atoms with E-state index < -0.39 is 17.8 Å². The first kappa shape index (κ1) is 19.8. The van der Waals surface area contributed by atoms with Gasteiger partial charge in [-0.25, -0.2) is 14.2 Å². The minimum absolute atomic E-state index is 0.261. The molecule has 3 amide bonds. The van der Waals surface area contributed by atoms with E-state index in [-0.39, 0.29) is 5.13 Å². The van der Waals surface area contributed by atoms with Gasteiger partial charge in [0.05, 0.1) is 5.69 Å². The number of nitrogens with one attached hydrogen (secondary N) is 3. The number of halogens is 2. The molecule has 0 aliphatic rings. The molecule has 0 radical (unpaired) electrons. The number of thiazole rings is 1. The molecule has 2 aromatic carbocycles. The number of aryl methyl sites for hydroxylation is 2. The van der Waals surface area contributed by atoms with Crippen LogP contribution in [-0.4, -0.2) is 16.9 Å². The smallest absolute Gasteiger partial charge is 0.321 e. The van der Waals surface area contributed by atoms with Crippen LogP contribution < -0.4 is 16.0 Å². The second kappa shape index (κ2) is 8.37. The molecule has 28 heavy (non-hydrogen) atoms. The van der Waals surface area contributed by atoms with Crippen LogP contribution in [0.15, 0.2) is 42.5 Å². The molecule has 0 aliphatic carbocycles. The number of hydrogen-bond donors (Lipinski definition) is 3. The number of amides is 3. The molecule has 1 heterocycles. The third-order valence-electron chi connectivity index (χ3n) is 3.74. The van der Waals surface area contributed by atoms with Crippen molar-refractivity contribution in [1.29, 1.82) is 0 Å². The normalized spacial score (nSPS) is 10.4. The van der Waals surface area contributed by atoms with Gasteiger partial charge in [-0.1, -0.05) is 35.1 Å². The molecule has 3 rings (SSSR count). The third kappa shape index (κ3) is 4.85. The Morgan fingerprint density at radius 1 is 1.04 bits per heavy atom. The molecule has 0 fully saturated rings. The summed E-state index contributed by atoms with van der Waals surface area (Å²) in [6.07, 6.45) is 0. The van der Waals surface area contributed by atoms with Gasteiger partial charge in [-0.3, -0.25) is 10.1 Å². The van der Waals surface area contributed by atoms with E-state index in [1.807, 2.05) is 0 Å². The lowest BCUT2D eigenvalue weighted by Gasteiger charge is -2.05. The zero-order valence-corrected chi connectivity index (χ0v) is 16.5. The predicted octanol–water partition coefficient (Wildman–Crippen LogP) is 5.45. The van der Waals surface area contributed by atoms with Crippen LogP contribution in [0.5, 0.6) is 0 Å². The third-order valence-corrected chi connectivity index (χ3v) is 5.04. The molecule has 0 bridgehead atoms. The first-order valence-corrected chi connectivity index (χ1v) is 9.40. The topological polar surface area (TPSA) is 83.1 Å². The van der Waals surface area contributed by atoms with Gasteiger partial charge in [-0.2, -0.15) is 0 Å². The Bertz CT molecular complexity index is 1050. The fourth-order valence-electron chi connectivity index (χ4n) is 2.34. The summed E-state index contributed by atoms with van der Waals surface area (Å²) in [5.41, 5.74) is 1.81. The van der Waals surface area contributed by atoms with E-state index in [0.717, 1.165) is 11.3 Å². The molecule has 3 N–H and O–H groups in total. The second-order valence-electron chi connectivity index (χ2n) is 5.94. The molecule has 9 heteroatoms. The SMILES string of the molecule is Cc1ccc(NC(=O)c2sc(NC(=O)Nc3cccc(Cl)c3)nc2C)cc1F. The van der Waals surface area contributed by atoms with Gasteiger partial charge >= 0.3 is 6.03 Å². The Kier molecular flexibility index (Phi) is 5.91. The number of urea groups is 1. The average Bonchev–Trinajstić information content (AvgIpc) is 2.98. The van der Waals surface area contributed by atoms with Crippen molar-refractivity contribution in [2.75, 3.05) is 16.0 Å². The lowest BCUT2D eigenvalue weighted by molar-refractivity contribution is 0.102. The van der Waals surface area contributed by atoms with Crippen molar-refractivity contribution < 1.29 is 14.0 Å². The van der Waals surface area contributed by atoms with Gasteiger partial charge in [-0.05, 0) is 49.7 Å². The van der Waals surface area contributed by atoms with Gasteiger partial charge < -0.3 is 10.6 Å². The molecule has 0 saturated heterocycles. The van der Waals surface area contributed by atoms with Gasteiger partial charge in [0.15, 0.2) is 5.13 Å². The molecule has 6 nitrogen and oxygen atoms in total. The predicted molar refractivity (Wildman–Crippen MR) is 110 cm³/mol. The maximum Gasteiger partial charge on any atom is 0.325 e. The molecule has 0 saturated carbocycles. The van der Waals surface area contributed by atoms with E-state index >= 15 is 0 Å². The van der Waals surface area contributed by atoms with E-state index in [0.29, 0.717) is 32.5 Å². The molecule has 0 unspecified atom stereocenters. The highest BCUT2D eigenvalue weighted by molar-refractivity contribution is 7.17. The van der Waals surface area contributed by atoms with Gasteiger partial charge in [0.1, 0.15) is 10.7 Å². The highest BCUT2D eigenvalue weighted by atomic mass is 35.5. The highest BCUT2D eigenvalue weighted by Gasteiger charge is 2.17. The summed E-state index contributed by atoms with van der Waals surface area (Å²) in [6, 6.07) is 10.6. The Hall–Kier alpha value is -2.97. The average molecular weight is 419 g/mol. The van der Waals surface area contributed by atoms with Gasteiger partial charge in [0.2, 0.25) is 0 Å². The van der Waals surface area contributed by atoms with E-state index in [1.165, 1.54) is 6.07 Å². The number of nitrogens with zero attached hydrogens (tertiary/aromatic N) is 1. The number of rotatable bonds is 4. The van der Waals surface area contributed by atoms with Crippen LogP contribution in [0, 0.1) is 19.7 Å². The molecule has 1 aromatic heterocycles. The van der Waals surface area contributed by atoms with E-state index in [2.05, 4.69) is 20.9 Å². The van der Waals surface area contributed by atoms with Crippen molar-refractivity contribution in [3.05, 3.63) is 69.4 Å². The first-order chi connectivity index (χ1) is 13.3. The van der Waals surface area contributed by atoms with Gasteiger partial charge in [0.25, 0.3) is 5.91 Å². The minimum Gasteiger partial charge on any atom is -0.321 e. The van der Waals surface area contributed by atoms with E-state index in [4.69, 9.17) is 11.6 Å². The maximum absolute atomic E-state index is 13.6. The van der Waals surface area contributed by atoms with Crippen LogP contribution in [0.2, 0.25) is 5.02 Å². The molecular weight excluding hydrogens is 403 g/mol. The van der Waals surface area contributed by atoms with Crippen LogP contribution in [0.4, 0.5) is 25.7 Å². The van der Waals surface area contributed by atoms with E-state index in [9.17, 15) is 14.0 Å². The van der Waals surface area contributed by atoms with Crippen molar-refractivity contribution in [1.82, 2.24) is 4.98 Å². The van der Waals surface area contributed by atoms with Crippen molar-refractivity contribution in [3.63, 3.8) is 0 Å². The molecule has 144 valence electrons. The fourth-order valence-corrected chi connectivity index (χ4v) is 3.39. The monoisotopic (exact) mass is 418 g/mol. The summed E-state index contributed by atoms with van der Waals surface area (Å²) in [7, 11) is 0. The van der Waals surface area contributed by atoms with Crippen LogP contribution >= 0.6 is 22.9 Å². The van der Waals surface area contributed by atoms with Crippen LogP contribution in [-0.2, 0) is 0 Å². The number of carbonyl (C=O) groups is 2. The molecular formula is C19H16ClFN4O2S. The van der Waals surface area contributed by atoms with Crippen LogP contribution in [0.1, 0.15) is 20.9 Å². The summed E-state index contributed by atoms with van der Waals surface area (Å²) in [5.74, 6) is -0.833. The highest BCUT2D eigenvalue weighted by Crippen LogP contribution is 2.24. The van der Waals surface area contributed by atoms with Crippen molar-refractivity contribution >= 4 is 51.4 Å². The van der Waals surface area contributed by atoms with Crippen molar-refractivity contribution in [3.8, 4) is 0 Å². The van der Waals surface area contributed by atoms with E-state index in [1.54, 1.807) is 50.2 Å². The van der Waals surface area contributed by atoms with Crippen molar-refractivity contribution in [2.45, 2.75) is 13.8 Å². The Balaban J connectivity index is 1.67. The number of hydrogen-bond acceptors (Lipinski definition) is 4. The number of aromatic nitrogens is 1. The standard InChI is InChI=1S/C19H16ClFN4O2S/c1-10-6-7-14(9-15(10)21)23-17(26)16-11(2)22-19(28-16)25-18(27)24-13-5-3-4-12(20)8-13/h3-9H,1-2H3,(H,23,26)(H2,22,24,25,27). The lowest BCUT2D eigenvalue weighted by atomic mass is 10.2. The molecule has 3 aromatic rings. The molecule has 0 atom stereocenters. The van der Waals surface area contributed by atoms with Crippen LogP contribution in [0.3, 0.4) is 0 Å². The summed E-state index contributed by atoms with van der Waals surface area (Å²) >= 11 is 6.90. The zero-order valence-electron chi connectivity index (χ0n) is 15.0. The largest absolute Gasteiger partial charge is 0.325 e. The van der Waals surface area contributed by atoms with Gasteiger partial charge in [0, 0.05) is 16.4 Å². The number of carbonyl (C=O) groups excluding carboxylic acids is 2. The summed E-state index contributed by atoms with van der Waals surface area (Å²) in [5, 5.41) is 8.60. The molecule has 0 spiro atoms. The number of anilines is 3.